The topological polar surface area (TPSA) is 108 Å². The van der Waals surface area contributed by atoms with Gasteiger partial charge in [0.15, 0.2) is 0 Å². The molecule has 1 atom stereocenters. The van der Waals surface area contributed by atoms with Crippen LogP contribution in [0.2, 0.25) is 0 Å². The standard InChI is InChI=1S/C41H46FN3O6/c1-26-35(41(47)48)36-37(39(46)31-13-12-30(25-32(31)40(36)51-26)49-22-15-27-8-4-3-5-9-27)38(45-20-18-44(2)19-21-45)29-14-17-43-34(24-29)50-23-16-28-10-6-7-11-33(28)42/h6-7,10-14,17,24-25,27,38,46H,3-5,8-9,15-16,18-23H2,1-2H3,(H,47,48). The maximum atomic E-state index is 14.3. The number of nitrogens with zero attached hydrogens (tertiary/aromatic N) is 3. The van der Waals surface area contributed by atoms with Crippen molar-refractivity contribution in [3.63, 3.8) is 0 Å². The molecule has 2 N–H and O–H groups in total. The molecule has 3 heterocycles. The van der Waals surface area contributed by atoms with Crippen molar-refractivity contribution in [2.24, 2.45) is 5.92 Å². The lowest BCUT2D eigenvalue weighted by atomic mass is 9.87. The number of carboxylic acids is 1. The Bertz CT molecular complexity index is 2010. The fourth-order valence-electron chi connectivity index (χ4n) is 7.89. The predicted molar refractivity (Wildman–Crippen MR) is 195 cm³/mol. The van der Waals surface area contributed by atoms with Crippen LogP contribution in [0.15, 0.2) is 65.2 Å². The molecule has 268 valence electrons. The number of ether oxygens (including phenoxy) is 2. The number of carbonyl (C=O) groups is 1. The van der Waals surface area contributed by atoms with Gasteiger partial charge < -0.3 is 29.0 Å². The average Bonchev–Trinajstić information content (AvgIpc) is 3.49. The van der Waals surface area contributed by atoms with Crippen LogP contribution in [-0.2, 0) is 6.42 Å². The number of fused-ring (bicyclic) bond motifs is 3. The Morgan fingerprint density at radius 3 is 2.55 bits per heavy atom. The second-order valence-electron chi connectivity index (χ2n) is 14.0. The van der Waals surface area contributed by atoms with E-state index in [0.29, 0.717) is 76.5 Å². The first kappa shape index (κ1) is 34.8. The summed E-state index contributed by atoms with van der Waals surface area (Å²) in [4.78, 5) is 21.8. The summed E-state index contributed by atoms with van der Waals surface area (Å²) >= 11 is 0. The van der Waals surface area contributed by atoms with E-state index in [4.69, 9.17) is 13.9 Å². The lowest BCUT2D eigenvalue weighted by Crippen LogP contribution is -2.46. The summed E-state index contributed by atoms with van der Waals surface area (Å²) in [6.45, 7) is 5.42. The summed E-state index contributed by atoms with van der Waals surface area (Å²) in [6.07, 6.45) is 9.38. The number of phenolic OH excluding ortho intramolecular Hbond substituents is 1. The van der Waals surface area contributed by atoms with Gasteiger partial charge in [0.05, 0.1) is 19.3 Å². The van der Waals surface area contributed by atoms with Gasteiger partial charge in [0.1, 0.15) is 34.2 Å². The highest BCUT2D eigenvalue weighted by molar-refractivity contribution is 6.16. The maximum Gasteiger partial charge on any atom is 0.339 e. The highest BCUT2D eigenvalue weighted by Gasteiger charge is 2.35. The van der Waals surface area contributed by atoms with E-state index >= 15 is 0 Å². The first-order valence-corrected chi connectivity index (χ1v) is 18.1. The molecule has 1 saturated carbocycles. The van der Waals surface area contributed by atoms with Crippen molar-refractivity contribution >= 4 is 27.7 Å². The molecule has 0 spiro atoms. The molecular formula is C41H46FN3O6. The molecule has 2 aliphatic rings. The van der Waals surface area contributed by atoms with Gasteiger partial charge >= 0.3 is 5.97 Å². The third-order valence-corrected chi connectivity index (χ3v) is 10.7. The number of likely N-dealkylation sites (N-methyl/N-ethyl adjacent to an activating group) is 1. The van der Waals surface area contributed by atoms with Crippen molar-refractivity contribution in [1.82, 2.24) is 14.8 Å². The second kappa shape index (κ2) is 15.3. The fraction of sp³-hybridized carbons (Fsp3) is 0.415. The van der Waals surface area contributed by atoms with E-state index in [0.717, 1.165) is 25.1 Å². The van der Waals surface area contributed by atoms with Gasteiger partial charge in [0.2, 0.25) is 5.88 Å². The summed E-state index contributed by atoms with van der Waals surface area (Å²) < 4.78 is 32.8. The van der Waals surface area contributed by atoms with Crippen molar-refractivity contribution < 1.29 is 33.3 Å². The summed E-state index contributed by atoms with van der Waals surface area (Å²) in [5, 5.41) is 24.3. The molecule has 2 aromatic heterocycles. The van der Waals surface area contributed by atoms with E-state index in [9.17, 15) is 19.4 Å². The molecule has 9 nitrogen and oxygen atoms in total. The number of pyridine rings is 1. The van der Waals surface area contributed by atoms with Gasteiger partial charge in [0, 0.05) is 66.6 Å². The Kier molecular flexibility index (Phi) is 10.4. The zero-order valence-corrected chi connectivity index (χ0v) is 29.4. The van der Waals surface area contributed by atoms with Gasteiger partial charge in [-0.05, 0) is 67.8 Å². The number of phenols is 1. The van der Waals surface area contributed by atoms with E-state index in [2.05, 4.69) is 21.8 Å². The van der Waals surface area contributed by atoms with E-state index < -0.39 is 12.0 Å². The van der Waals surface area contributed by atoms with Gasteiger partial charge in [-0.1, -0.05) is 50.3 Å². The third kappa shape index (κ3) is 7.39. The summed E-state index contributed by atoms with van der Waals surface area (Å²) in [5.74, 6) is 0.541. The van der Waals surface area contributed by atoms with E-state index in [1.165, 1.54) is 38.2 Å². The van der Waals surface area contributed by atoms with Crippen LogP contribution in [0.3, 0.4) is 0 Å². The van der Waals surface area contributed by atoms with Crippen LogP contribution in [0.4, 0.5) is 4.39 Å². The number of hydrogen-bond donors (Lipinski definition) is 2. The number of rotatable bonds is 12. The number of aromatic carboxylic acids is 1. The summed E-state index contributed by atoms with van der Waals surface area (Å²) in [6, 6.07) is 15.3. The minimum absolute atomic E-state index is 0.00248. The molecule has 0 bridgehead atoms. The molecule has 1 aliphatic heterocycles. The smallest absolute Gasteiger partial charge is 0.339 e. The molecular weight excluding hydrogens is 649 g/mol. The lowest BCUT2D eigenvalue weighted by Gasteiger charge is -2.39. The highest BCUT2D eigenvalue weighted by atomic mass is 19.1. The van der Waals surface area contributed by atoms with E-state index in [1.807, 2.05) is 30.3 Å². The van der Waals surface area contributed by atoms with Crippen LogP contribution < -0.4 is 9.47 Å². The van der Waals surface area contributed by atoms with Crippen molar-refractivity contribution in [2.75, 3.05) is 46.4 Å². The molecule has 1 saturated heterocycles. The highest BCUT2D eigenvalue weighted by Crippen LogP contribution is 2.48. The average molecular weight is 696 g/mol. The fourth-order valence-corrected chi connectivity index (χ4v) is 7.89. The van der Waals surface area contributed by atoms with Crippen LogP contribution in [0.25, 0.3) is 21.7 Å². The minimum Gasteiger partial charge on any atom is -0.507 e. The SMILES string of the molecule is Cc1oc2c(c1C(=O)O)c(C(c1ccnc(OCCc3ccccc3F)c1)N1CCN(C)CC1)c(O)c1ccc(OCCC3CCCCC3)cc12. The number of carboxylic acid groups (broad SMARTS) is 1. The van der Waals surface area contributed by atoms with Crippen molar-refractivity contribution in [3.05, 3.63) is 94.6 Å². The largest absolute Gasteiger partial charge is 0.507 e. The van der Waals surface area contributed by atoms with Crippen LogP contribution in [0.5, 0.6) is 17.4 Å². The molecule has 5 aromatic rings. The Labute approximate surface area is 297 Å². The zero-order valence-electron chi connectivity index (χ0n) is 29.4. The molecule has 0 radical (unpaired) electrons. The lowest BCUT2D eigenvalue weighted by molar-refractivity contribution is 0.0696. The number of aryl methyl sites for hydroxylation is 1. The number of hydrogen-bond acceptors (Lipinski definition) is 8. The van der Waals surface area contributed by atoms with Gasteiger partial charge in [-0.25, -0.2) is 14.2 Å². The summed E-state index contributed by atoms with van der Waals surface area (Å²) in [7, 11) is 2.07. The van der Waals surface area contributed by atoms with Crippen LogP contribution in [0.1, 0.15) is 77.4 Å². The van der Waals surface area contributed by atoms with Crippen molar-refractivity contribution in [2.45, 2.75) is 57.9 Å². The van der Waals surface area contributed by atoms with Crippen LogP contribution in [0, 0.1) is 18.7 Å². The van der Waals surface area contributed by atoms with Crippen molar-refractivity contribution in [3.8, 4) is 17.4 Å². The maximum absolute atomic E-state index is 14.3. The van der Waals surface area contributed by atoms with Gasteiger partial charge in [0.25, 0.3) is 0 Å². The molecule has 2 fully saturated rings. The molecule has 1 unspecified atom stereocenters. The Hall–Kier alpha value is -4.67. The molecule has 7 rings (SSSR count). The monoisotopic (exact) mass is 695 g/mol. The number of piperazine rings is 1. The Morgan fingerprint density at radius 1 is 1.00 bits per heavy atom. The third-order valence-electron chi connectivity index (χ3n) is 10.7. The van der Waals surface area contributed by atoms with Gasteiger partial charge in [-0.3, -0.25) is 4.90 Å². The number of aromatic nitrogens is 1. The van der Waals surface area contributed by atoms with E-state index in [1.54, 1.807) is 31.3 Å². The Balaban J connectivity index is 1.29. The zero-order chi connectivity index (χ0) is 35.5. The van der Waals surface area contributed by atoms with E-state index in [-0.39, 0.29) is 29.5 Å². The first-order chi connectivity index (χ1) is 24.8. The number of benzene rings is 3. The predicted octanol–water partition coefficient (Wildman–Crippen LogP) is 8.14. The molecule has 3 aromatic carbocycles. The number of aromatic hydroxyl groups is 1. The quantitative estimate of drug-likeness (QED) is 0.134. The van der Waals surface area contributed by atoms with Gasteiger partial charge in [-0.15, -0.1) is 0 Å². The van der Waals surface area contributed by atoms with Crippen LogP contribution in [-0.4, -0.2) is 77.4 Å². The first-order valence-electron chi connectivity index (χ1n) is 18.1. The number of furan rings is 1. The molecule has 0 amide bonds. The minimum atomic E-state index is -1.13. The molecule has 1 aliphatic carbocycles. The van der Waals surface area contributed by atoms with Crippen molar-refractivity contribution in [1.29, 1.82) is 0 Å². The van der Waals surface area contributed by atoms with Crippen LogP contribution >= 0.6 is 0 Å². The molecule has 10 heteroatoms. The van der Waals surface area contributed by atoms with Gasteiger partial charge in [-0.2, -0.15) is 0 Å². The number of halogens is 1. The normalized spacial score (nSPS) is 16.8. The molecule has 51 heavy (non-hydrogen) atoms. The summed E-state index contributed by atoms with van der Waals surface area (Å²) in [5.41, 5.74) is 2.23. The second-order valence-corrected chi connectivity index (χ2v) is 14.0. The Morgan fingerprint density at radius 2 is 1.78 bits per heavy atom.